The van der Waals surface area contributed by atoms with Crippen molar-refractivity contribution in [3.8, 4) is 5.75 Å². The molecule has 0 unspecified atom stereocenters. The molecule has 2 rings (SSSR count). The van der Waals surface area contributed by atoms with Crippen molar-refractivity contribution < 1.29 is 14.4 Å². The van der Waals surface area contributed by atoms with E-state index >= 15 is 0 Å². The number of aromatic nitrogens is 2. The van der Waals surface area contributed by atoms with Gasteiger partial charge in [0.25, 0.3) is 5.89 Å². The van der Waals surface area contributed by atoms with Gasteiger partial charge in [-0.15, -0.1) is 0 Å². The van der Waals surface area contributed by atoms with Gasteiger partial charge >= 0.3 is 0 Å². The van der Waals surface area contributed by atoms with Gasteiger partial charge in [0, 0.05) is 12.0 Å². The second kappa shape index (κ2) is 5.45. The number of ether oxygens (including phenoxy) is 1. The highest BCUT2D eigenvalue weighted by molar-refractivity contribution is 5.32. The molecular weight excluding hydrogens is 220 g/mol. The van der Waals surface area contributed by atoms with Gasteiger partial charge in [0.05, 0.1) is 6.61 Å². The van der Waals surface area contributed by atoms with Gasteiger partial charge in [-0.05, 0) is 6.07 Å². The molecule has 1 heterocycles. The zero-order valence-electron chi connectivity index (χ0n) is 9.59. The Morgan fingerprint density at radius 1 is 1.35 bits per heavy atom. The molecule has 0 bridgehead atoms. The number of aliphatic hydroxyl groups is 1. The van der Waals surface area contributed by atoms with Crippen LogP contribution in [0, 0.1) is 0 Å². The maximum Gasteiger partial charge on any atom is 0.264 e. The highest BCUT2D eigenvalue weighted by Gasteiger charge is 2.07. The van der Waals surface area contributed by atoms with Crippen LogP contribution in [0.3, 0.4) is 0 Å². The van der Waals surface area contributed by atoms with Crippen molar-refractivity contribution in [2.75, 3.05) is 0 Å². The van der Waals surface area contributed by atoms with Crippen molar-refractivity contribution in [2.45, 2.75) is 26.6 Å². The number of aliphatic hydroxyl groups excluding tert-OH is 1. The molecular formula is C12H14N2O3. The molecule has 0 saturated carbocycles. The summed E-state index contributed by atoms with van der Waals surface area (Å²) in [6.07, 6.45) is 0.733. The molecule has 2 aromatic rings. The molecule has 0 amide bonds. The van der Waals surface area contributed by atoms with Crippen molar-refractivity contribution in [1.29, 1.82) is 0 Å². The fraction of sp³-hybridized carbons (Fsp3) is 0.333. The first kappa shape index (κ1) is 11.6. The fourth-order valence-electron chi connectivity index (χ4n) is 1.41. The number of hydrogen-bond acceptors (Lipinski definition) is 5. The van der Waals surface area contributed by atoms with Crippen LogP contribution in [0.15, 0.2) is 28.8 Å². The van der Waals surface area contributed by atoms with Gasteiger partial charge in [-0.1, -0.05) is 30.3 Å². The van der Waals surface area contributed by atoms with E-state index in [2.05, 4.69) is 10.1 Å². The molecule has 17 heavy (non-hydrogen) atoms. The van der Waals surface area contributed by atoms with Crippen molar-refractivity contribution in [3.05, 3.63) is 41.5 Å². The second-order valence-electron chi connectivity index (χ2n) is 3.51. The van der Waals surface area contributed by atoms with Crippen LogP contribution in [0.25, 0.3) is 0 Å². The van der Waals surface area contributed by atoms with Crippen molar-refractivity contribution in [2.24, 2.45) is 0 Å². The number of rotatable bonds is 5. The lowest BCUT2D eigenvalue weighted by Gasteiger charge is -2.07. The Balaban J connectivity index is 2.01. The van der Waals surface area contributed by atoms with Crippen LogP contribution in [-0.4, -0.2) is 15.2 Å². The molecule has 1 aromatic carbocycles. The highest BCUT2D eigenvalue weighted by atomic mass is 16.5. The Morgan fingerprint density at radius 2 is 2.18 bits per heavy atom. The summed E-state index contributed by atoms with van der Waals surface area (Å²) in [6.45, 7) is 2.11. The van der Waals surface area contributed by atoms with E-state index in [1.165, 1.54) is 0 Å². The van der Waals surface area contributed by atoms with Crippen LogP contribution >= 0.6 is 0 Å². The molecule has 0 aliphatic carbocycles. The Labute approximate surface area is 99.0 Å². The lowest BCUT2D eigenvalue weighted by atomic mass is 10.2. The predicted molar refractivity (Wildman–Crippen MR) is 60.4 cm³/mol. The molecule has 0 radical (unpaired) electrons. The molecule has 0 fully saturated rings. The van der Waals surface area contributed by atoms with Crippen molar-refractivity contribution in [3.63, 3.8) is 0 Å². The number of aryl methyl sites for hydroxylation is 1. The molecule has 0 spiro atoms. The third kappa shape index (κ3) is 2.82. The first-order valence-electron chi connectivity index (χ1n) is 5.46. The zero-order chi connectivity index (χ0) is 12.1. The summed E-state index contributed by atoms with van der Waals surface area (Å²) >= 11 is 0. The fourth-order valence-corrected chi connectivity index (χ4v) is 1.41. The summed E-state index contributed by atoms with van der Waals surface area (Å²) in [7, 11) is 0. The Hall–Kier alpha value is -1.88. The van der Waals surface area contributed by atoms with Gasteiger partial charge in [0.1, 0.15) is 5.75 Å². The largest absolute Gasteiger partial charge is 0.483 e. The normalized spacial score (nSPS) is 10.5. The summed E-state index contributed by atoms with van der Waals surface area (Å²) in [4.78, 5) is 4.13. The minimum absolute atomic E-state index is 0.0553. The third-order valence-electron chi connectivity index (χ3n) is 2.32. The average molecular weight is 234 g/mol. The van der Waals surface area contributed by atoms with E-state index < -0.39 is 0 Å². The zero-order valence-corrected chi connectivity index (χ0v) is 9.59. The average Bonchev–Trinajstić information content (AvgIpc) is 2.84. The quantitative estimate of drug-likeness (QED) is 0.852. The monoisotopic (exact) mass is 234 g/mol. The van der Waals surface area contributed by atoms with Gasteiger partial charge in [0.15, 0.2) is 12.4 Å². The lowest BCUT2D eigenvalue weighted by Crippen LogP contribution is -1.99. The SMILES string of the molecule is CCc1noc(COc2ccccc2CO)n1. The van der Waals surface area contributed by atoms with Crippen LogP contribution in [0.2, 0.25) is 0 Å². The molecule has 0 atom stereocenters. The van der Waals surface area contributed by atoms with Crippen LogP contribution < -0.4 is 4.74 Å². The van der Waals surface area contributed by atoms with Crippen LogP contribution in [-0.2, 0) is 19.6 Å². The Morgan fingerprint density at radius 3 is 2.88 bits per heavy atom. The molecule has 0 saturated heterocycles. The van der Waals surface area contributed by atoms with Crippen molar-refractivity contribution in [1.82, 2.24) is 10.1 Å². The highest BCUT2D eigenvalue weighted by Crippen LogP contribution is 2.18. The van der Waals surface area contributed by atoms with E-state index in [1.807, 2.05) is 19.1 Å². The van der Waals surface area contributed by atoms with Gasteiger partial charge in [-0.3, -0.25) is 0 Å². The maximum atomic E-state index is 9.13. The van der Waals surface area contributed by atoms with Gasteiger partial charge in [0.2, 0.25) is 0 Å². The van der Waals surface area contributed by atoms with Crippen LogP contribution in [0.1, 0.15) is 24.2 Å². The van der Waals surface area contributed by atoms with E-state index in [4.69, 9.17) is 14.4 Å². The smallest absolute Gasteiger partial charge is 0.264 e. The van der Waals surface area contributed by atoms with Gasteiger partial charge < -0.3 is 14.4 Å². The first-order valence-corrected chi connectivity index (χ1v) is 5.46. The van der Waals surface area contributed by atoms with Crippen LogP contribution in [0.4, 0.5) is 0 Å². The first-order chi connectivity index (χ1) is 8.33. The second-order valence-corrected chi connectivity index (χ2v) is 3.51. The molecule has 5 heteroatoms. The molecule has 90 valence electrons. The summed E-state index contributed by atoms with van der Waals surface area (Å²) in [5, 5.41) is 12.9. The van der Waals surface area contributed by atoms with E-state index in [-0.39, 0.29) is 13.2 Å². The van der Waals surface area contributed by atoms with Crippen molar-refractivity contribution >= 4 is 0 Å². The number of hydrogen-bond donors (Lipinski definition) is 1. The standard InChI is InChI=1S/C12H14N2O3/c1-2-11-13-12(17-14-11)8-16-10-6-4-3-5-9(10)7-15/h3-6,15H,2,7-8H2,1H3. The van der Waals surface area contributed by atoms with E-state index in [0.717, 1.165) is 12.0 Å². The minimum Gasteiger partial charge on any atom is -0.483 e. The van der Waals surface area contributed by atoms with E-state index in [1.54, 1.807) is 12.1 Å². The number of benzene rings is 1. The van der Waals surface area contributed by atoms with Gasteiger partial charge in [-0.2, -0.15) is 4.98 Å². The molecule has 5 nitrogen and oxygen atoms in total. The van der Waals surface area contributed by atoms with Crippen LogP contribution in [0.5, 0.6) is 5.75 Å². The summed E-state index contributed by atoms with van der Waals surface area (Å²) in [6, 6.07) is 7.29. The number of nitrogens with zero attached hydrogens (tertiary/aromatic N) is 2. The summed E-state index contributed by atoms with van der Waals surface area (Å²) < 4.78 is 10.5. The molecule has 1 aromatic heterocycles. The molecule has 1 N–H and O–H groups in total. The predicted octanol–water partition coefficient (Wildman–Crippen LogP) is 1.70. The number of para-hydroxylation sites is 1. The lowest BCUT2D eigenvalue weighted by molar-refractivity contribution is 0.229. The maximum absolute atomic E-state index is 9.13. The molecule has 0 aliphatic heterocycles. The molecule has 0 aliphatic rings. The summed E-state index contributed by atoms with van der Waals surface area (Å²) in [5.41, 5.74) is 0.739. The Bertz CT molecular complexity index is 482. The topological polar surface area (TPSA) is 68.4 Å². The third-order valence-corrected chi connectivity index (χ3v) is 2.32. The minimum atomic E-state index is -0.0553. The Kier molecular flexibility index (Phi) is 3.72. The summed E-state index contributed by atoms with van der Waals surface area (Å²) in [5.74, 6) is 1.74. The van der Waals surface area contributed by atoms with Gasteiger partial charge in [-0.25, -0.2) is 0 Å². The van der Waals surface area contributed by atoms with E-state index in [9.17, 15) is 0 Å². The van der Waals surface area contributed by atoms with E-state index in [0.29, 0.717) is 17.5 Å².